The van der Waals surface area contributed by atoms with Crippen LogP contribution in [0.4, 0.5) is 17.6 Å². The van der Waals surface area contributed by atoms with Crippen molar-refractivity contribution in [2.45, 2.75) is 20.3 Å². The first-order chi connectivity index (χ1) is 8.38. The van der Waals surface area contributed by atoms with Crippen molar-refractivity contribution in [3.63, 3.8) is 0 Å². The monoisotopic (exact) mass is 264 g/mol. The lowest BCUT2D eigenvalue weighted by Gasteiger charge is -2.11. The number of hydrogen-bond acceptors (Lipinski definition) is 2. The van der Waals surface area contributed by atoms with E-state index >= 15 is 0 Å². The predicted octanol–water partition coefficient (Wildman–Crippen LogP) is 3.24. The van der Waals surface area contributed by atoms with E-state index in [2.05, 4.69) is 4.74 Å². The van der Waals surface area contributed by atoms with Crippen molar-refractivity contribution in [3.05, 3.63) is 29.3 Å². The molecule has 1 atom stereocenters. The van der Waals surface area contributed by atoms with E-state index in [1.165, 1.54) is 0 Å². The molecule has 1 aromatic carbocycles. The number of carbonyl (C=O) groups excluding carboxylic acids is 1. The second kappa shape index (κ2) is 5.84. The quantitative estimate of drug-likeness (QED) is 0.603. The normalized spacial score (nSPS) is 12.3. The zero-order chi connectivity index (χ0) is 13.9. The summed E-state index contributed by atoms with van der Waals surface area (Å²) in [5.41, 5.74) is 0. The number of ketones is 1. The fourth-order valence-electron chi connectivity index (χ4n) is 1.19. The summed E-state index contributed by atoms with van der Waals surface area (Å²) in [6, 6.07) is 0.0774. The van der Waals surface area contributed by atoms with Crippen molar-refractivity contribution in [2.24, 2.45) is 5.92 Å². The first kappa shape index (κ1) is 14.5. The van der Waals surface area contributed by atoms with Crippen LogP contribution in [0, 0.1) is 29.2 Å². The smallest absolute Gasteiger partial charge is 0.203 e. The lowest BCUT2D eigenvalue weighted by atomic mass is 10.0. The molecule has 0 aromatic heterocycles. The Labute approximate surface area is 102 Å². The van der Waals surface area contributed by atoms with Crippen LogP contribution < -0.4 is 4.74 Å². The van der Waals surface area contributed by atoms with Crippen LogP contribution in [0.1, 0.15) is 20.3 Å². The van der Waals surface area contributed by atoms with Crippen LogP contribution in [0.3, 0.4) is 0 Å². The van der Waals surface area contributed by atoms with Crippen LogP contribution in [0.5, 0.6) is 5.75 Å². The van der Waals surface area contributed by atoms with Crippen LogP contribution in [-0.2, 0) is 4.79 Å². The van der Waals surface area contributed by atoms with Gasteiger partial charge in [0.25, 0.3) is 0 Å². The largest absolute Gasteiger partial charge is 0.480 e. The third-order valence-electron chi connectivity index (χ3n) is 2.59. The average molecular weight is 264 g/mol. The Morgan fingerprint density at radius 1 is 1.22 bits per heavy atom. The SMILES string of the molecule is CCC(C)C(=O)COc1c(F)c(F)cc(F)c1F. The highest BCUT2D eigenvalue weighted by molar-refractivity contribution is 5.82. The second-order valence-electron chi connectivity index (χ2n) is 3.86. The maximum Gasteiger partial charge on any atom is 0.203 e. The molecule has 0 aliphatic rings. The molecular formula is C12H12F4O2. The molecule has 1 rings (SSSR count). The third kappa shape index (κ3) is 3.00. The maximum atomic E-state index is 13.2. The van der Waals surface area contributed by atoms with Crippen molar-refractivity contribution in [1.29, 1.82) is 0 Å². The minimum absolute atomic E-state index is 0.0774. The van der Waals surface area contributed by atoms with Gasteiger partial charge in [0.15, 0.2) is 23.2 Å². The van der Waals surface area contributed by atoms with E-state index < -0.39 is 41.4 Å². The lowest BCUT2D eigenvalue weighted by Crippen LogP contribution is -2.19. The number of Topliss-reactive ketones (excluding diaryl/α,β-unsaturated/α-hetero) is 1. The van der Waals surface area contributed by atoms with Crippen LogP contribution in [-0.4, -0.2) is 12.4 Å². The molecule has 0 saturated carbocycles. The van der Waals surface area contributed by atoms with Crippen LogP contribution >= 0.6 is 0 Å². The molecule has 0 bridgehead atoms. The van der Waals surface area contributed by atoms with Crippen LogP contribution in [0.2, 0.25) is 0 Å². The Bertz CT molecular complexity index is 434. The standard InChI is InChI=1S/C12H12F4O2/c1-3-6(2)9(17)5-18-12-10(15)7(13)4-8(14)11(12)16/h4,6H,3,5H2,1-2H3. The van der Waals surface area contributed by atoms with Gasteiger partial charge in [-0.25, -0.2) is 8.78 Å². The van der Waals surface area contributed by atoms with Gasteiger partial charge >= 0.3 is 0 Å². The molecule has 0 N–H and O–H groups in total. The lowest BCUT2D eigenvalue weighted by molar-refractivity contribution is -0.124. The van der Waals surface area contributed by atoms with E-state index in [1.54, 1.807) is 13.8 Å². The van der Waals surface area contributed by atoms with Crippen molar-refractivity contribution < 1.29 is 27.1 Å². The molecule has 0 amide bonds. The summed E-state index contributed by atoms with van der Waals surface area (Å²) in [6.45, 7) is 2.74. The van der Waals surface area contributed by atoms with Crippen LogP contribution in [0.15, 0.2) is 6.07 Å². The molecule has 1 aromatic rings. The Kier molecular flexibility index (Phi) is 4.69. The summed E-state index contributed by atoms with van der Waals surface area (Å²) < 4.78 is 56.5. The molecular weight excluding hydrogens is 252 g/mol. The summed E-state index contributed by atoms with van der Waals surface area (Å²) in [6.07, 6.45) is 0.532. The highest BCUT2D eigenvalue weighted by Crippen LogP contribution is 2.26. The first-order valence-electron chi connectivity index (χ1n) is 5.37. The Hall–Kier alpha value is -1.59. The van der Waals surface area contributed by atoms with Gasteiger partial charge in [-0.3, -0.25) is 4.79 Å². The zero-order valence-electron chi connectivity index (χ0n) is 9.90. The van der Waals surface area contributed by atoms with Gasteiger partial charge in [0.05, 0.1) is 0 Å². The van der Waals surface area contributed by atoms with Crippen molar-refractivity contribution in [1.82, 2.24) is 0 Å². The van der Waals surface area contributed by atoms with Gasteiger partial charge in [-0.15, -0.1) is 0 Å². The van der Waals surface area contributed by atoms with E-state index in [-0.39, 0.29) is 12.0 Å². The van der Waals surface area contributed by atoms with Crippen LogP contribution in [0.25, 0.3) is 0 Å². The third-order valence-corrected chi connectivity index (χ3v) is 2.59. The second-order valence-corrected chi connectivity index (χ2v) is 3.86. The molecule has 1 unspecified atom stereocenters. The number of benzene rings is 1. The van der Waals surface area contributed by atoms with Gasteiger partial charge in [-0.1, -0.05) is 13.8 Å². The molecule has 0 fully saturated rings. The molecule has 0 aliphatic carbocycles. The highest BCUT2D eigenvalue weighted by atomic mass is 19.2. The van der Waals surface area contributed by atoms with Gasteiger partial charge < -0.3 is 4.74 Å². The Morgan fingerprint density at radius 2 is 1.72 bits per heavy atom. The molecule has 0 aliphatic heterocycles. The van der Waals surface area contributed by atoms with Crippen molar-refractivity contribution in [3.8, 4) is 5.75 Å². The minimum Gasteiger partial charge on any atom is -0.480 e. The summed E-state index contributed by atoms with van der Waals surface area (Å²) in [7, 11) is 0. The number of rotatable bonds is 5. The summed E-state index contributed by atoms with van der Waals surface area (Å²) >= 11 is 0. The molecule has 6 heteroatoms. The molecule has 100 valence electrons. The van der Waals surface area contributed by atoms with Gasteiger partial charge in [0.1, 0.15) is 6.61 Å². The molecule has 18 heavy (non-hydrogen) atoms. The Morgan fingerprint density at radius 3 is 2.17 bits per heavy atom. The molecule has 0 heterocycles. The average Bonchev–Trinajstić information content (AvgIpc) is 2.35. The van der Waals surface area contributed by atoms with E-state index in [0.717, 1.165) is 0 Å². The summed E-state index contributed by atoms with van der Waals surface area (Å²) in [4.78, 5) is 11.4. The number of hydrogen-bond donors (Lipinski definition) is 0. The summed E-state index contributed by atoms with van der Waals surface area (Å²) in [5.74, 6) is -8.39. The number of ether oxygens (including phenoxy) is 1. The van der Waals surface area contributed by atoms with E-state index in [9.17, 15) is 22.4 Å². The fraction of sp³-hybridized carbons (Fsp3) is 0.417. The van der Waals surface area contributed by atoms with E-state index in [1.807, 2.05) is 0 Å². The topological polar surface area (TPSA) is 26.3 Å². The van der Waals surface area contributed by atoms with Gasteiger partial charge in [0, 0.05) is 12.0 Å². The molecule has 0 spiro atoms. The minimum atomic E-state index is -1.65. The molecule has 2 nitrogen and oxygen atoms in total. The maximum absolute atomic E-state index is 13.2. The Balaban J connectivity index is 2.89. The highest BCUT2D eigenvalue weighted by Gasteiger charge is 2.22. The predicted molar refractivity (Wildman–Crippen MR) is 56.2 cm³/mol. The number of halogens is 4. The molecule has 0 saturated heterocycles. The van der Waals surface area contributed by atoms with Crippen molar-refractivity contribution in [2.75, 3.05) is 6.61 Å². The number of carbonyl (C=O) groups is 1. The zero-order valence-corrected chi connectivity index (χ0v) is 9.90. The van der Waals surface area contributed by atoms with Gasteiger partial charge in [-0.05, 0) is 6.42 Å². The fourth-order valence-corrected chi connectivity index (χ4v) is 1.19. The molecule has 0 radical (unpaired) electrons. The van der Waals surface area contributed by atoms with Crippen molar-refractivity contribution >= 4 is 5.78 Å². The van der Waals surface area contributed by atoms with E-state index in [4.69, 9.17) is 0 Å². The summed E-state index contributed by atoms with van der Waals surface area (Å²) in [5, 5.41) is 0. The first-order valence-corrected chi connectivity index (χ1v) is 5.37. The van der Waals surface area contributed by atoms with E-state index in [0.29, 0.717) is 6.42 Å². The van der Waals surface area contributed by atoms with Gasteiger partial charge in [-0.2, -0.15) is 8.78 Å². The van der Waals surface area contributed by atoms with Gasteiger partial charge in [0.2, 0.25) is 11.6 Å².